The van der Waals surface area contributed by atoms with Crippen LogP contribution in [0.2, 0.25) is 0 Å². The number of hydrogen-bond donors (Lipinski definition) is 3. The van der Waals surface area contributed by atoms with Crippen LogP contribution in [0.1, 0.15) is 62.0 Å². The molecule has 1 aromatic rings. The number of aromatic amines is 1. The van der Waals surface area contributed by atoms with Gasteiger partial charge in [-0.25, -0.2) is 0 Å². The van der Waals surface area contributed by atoms with Crippen molar-refractivity contribution in [1.82, 2.24) is 15.2 Å². The molecule has 1 heterocycles. The number of hydrogen-bond acceptors (Lipinski definition) is 4. The number of nitrogens with zero attached hydrogens (tertiary/aromatic N) is 1. The maximum atomic E-state index is 12.2. The van der Waals surface area contributed by atoms with E-state index in [4.69, 9.17) is 0 Å². The normalized spacial score (nSPS) is 17.0. The molecule has 1 aromatic heterocycles. The summed E-state index contributed by atoms with van der Waals surface area (Å²) in [7, 11) is 0. The van der Waals surface area contributed by atoms with Crippen molar-refractivity contribution in [2.75, 3.05) is 19.6 Å². The van der Waals surface area contributed by atoms with Gasteiger partial charge in [-0.15, -0.1) is 0 Å². The Hall–Kier alpha value is -1.66. The Bertz CT molecular complexity index is 602. The predicted octanol–water partition coefficient (Wildman–Crippen LogP) is 1.64. The Labute approximate surface area is 143 Å². The minimum Gasteiger partial charge on any atom is -0.388 e. The van der Waals surface area contributed by atoms with Crippen LogP contribution in [-0.2, 0) is 6.54 Å². The molecule has 2 rings (SSSR count). The van der Waals surface area contributed by atoms with Gasteiger partial charge >= 0.3 is 0 Å². The Balaban J connectivity index is 1.98. The molecule has 1 aliphatic rings. The van der Waals surface area contributed by atoms with E-state index < -0.39 is 11.5 Å². The summed E-state index contributed by atoms with van der Waals surface area (Å²) in [5, 5.41) is 13.1. The average Bonchev–Trinajstić information content (AvgIpc) is 2.58. The first kappa shape index (κ1) is 18.7. The molecule has 1 aliphatic carbocycles. The molecular weight excluding hydrogens is 306 g/mol. The second kappa shape index (κ2) is 8.44. The van der Waals surface area contributed by atoms with E-state index in [-0.39, 0.29) is 17.7 Å². The first-order valence-electron chi connectivity index (χ1n) is 8.92. The lowest BCUT2D eigenvalue weighted by molar-refractivity contribution is 0.00524. The summed E-state index contributed by atoms with van der Waals surface area (Å²) >= 11 is 0. The number of nitrogens with one attached hydrogen (secondary N) is 2. The average molecular weight is 335 g/mol. The fraction of sp³-hybridized carbons (Fsp3) is 0.667. The van der Waals surface area contributed by atoms with E-state index in [1.807, 2.05) is 0 Å². The van der Waals surface area contributed by atoms with Gasteiger partial charge in [0.2, 0.25) is 0 Å². The molecule has 1 amide bonds. The van der Waals surface area contributed by atoms with Gasteiger partial charge in [0.1, 0.15) is 5.56 Å². The molecule has 1 saturated carbocycles. The zero-order chi connectivity index (χ0) is 17.6. The van der Waals surface area contributed by atoms with E-state index in [0.29, 0.717) is 19.4 Å². The van der Waals surface area contributed by atoms with Crippen LogP contribution in [0.5, 0.6) is 0 Å². The van der Waals surface area contributed by atoms with Crippen LogP contribution in [-0.4, -0.2) is 46.1 Å². The lowest BCUT2D eigenvalue weighted by Crippen LogP contribution is -2.45. The van der Waals surface area contributed by atoms with Gasteiger partial charge in [0.05, 0.1) is 5.60 Å². The monoisotopic (exact) mass is 335 g/mol. The smallest absolute Gasteiger partial charge is 0.261 e. The number of amides is 1. The second-order valence-corrected chi connectivity index (χ2v) is 6.66. The van der Waals surface area contributed by atoms with Crippen LogP contribution in [0.3, 0.4) is 0 Å². The molecule has 0 atom stereocenters. The molecule has 134 valence electrons. The van der Waals surface area contributed by atoms with Crippen LogP contribution in [0.25, 0.3) is 0 Å². The van der Waals surface area contributed by atoms with Gasteiger partial charge in [0.15, 0.2) is 0 Å². The topological polar surface area (TPSA) is 85.4 Å². The number of carbonyl (C=O) groups excluding carboxylic acids is 1. The number of carbonyl (C=O) groups is 1. The molecule has 6 heteroatoms. The third kappa shape index (κ3) is 4.92. The predicted molar refractivity (Wildman–Crippen MR) is 94.1 cm³/mol. The highest BCUT2D eigenvalue weighted by atomic mass is 16.3. The molecule has 3 N–H and O–H groups in total. The number of pyridine rings is 1. The summed E-state index contributed by atoms with van der Waals surface area (Å²) in [5.41, 5.74) is -0.319. The van der Waals surface area contributed by atoms with Crippen LogP contribution >= 0.6 is 0 Å². The minimum atomic E-state index is -0.830. The Morgan fingerprint density at radius 3 is 2.50 bits per heavy atom. The molecule has 0 aliphatic heterocycles. The van der Waals surface area contributed by atoms with Crippen molar-refractivity contribution in [3.8, 4) is 0 Å². The molecule has 0 unspecified atom stereocenters. The third-order valence-electron chi connectivity index (χ3n) is 4.87. The van der Waals surface area contributed by atoms with Gasteiger partial charge in [-0.3, -0.25) is 14.5 Å². The molecule has 0 saturated heterocycles. The standard InChI is InChI=1S/C18H29N3O3/c1-3-21(4-2)12-14-8-9-15(17(23)20-14)16(22)19-13-18(24)10-6-5-7-11-18/h8-9,24H,3-7,10-13H2,1-2H3,(H,19,22)(H,20,23). The molecule has 0 bridgehead atoms. The highest BCUT2D eigenvalue weighted by molar-refractivity contribution is 5.93. The fourth-order valence-electron chi connectivity index (χ4n) is 3.20. The molecule has 6 nitrogen and oxygen atoms in total. The van der Waals surface area contributed by atoms with Gasteiger partial charge in [-0.2, -0.15) is 0 Å². The SMILES string of the molecule is CCN(CC)Cc1ccc(C(=O)NCC2(O)CCCCC2)c(=O)[nH]1. The maximum Gasteiger partial charge on any atom is 0.261 e. The summed E-state index contributed by atoms with van der Waals surface area (Å²) in [6.45, 7) is 6.80. The van der Waals surface area contributed by atoms with Crippen molar-refractivity contribution in [1.29, 1.82) is 0 Å². The molecule has 0 spiro atoms. The highest BCUT2D eigenvalue weighted by Gasteiger charge is 2.29. The van der Waals surface area contributed by atoms with Crippen molar-refractivity contribution in [3.05, 3.63) is 33.7 Å². The van der Waals surface area contributed by atoms with Crippen molar-refractivity contribution >= 4 is 5.91 Å². The summed E-state index contributed by atoms with van der Waals surface area (Å²) in [6, 6.07) is 3.35. The molecule has 0 aromatic carbocycles. The number of rotatable bonds is 7. The zero-order valence-electron chi connectivity index (χ0n) is 14.7. The summed E-state index contributed by atoms with van der Waals surface area (Å²) in [6.07, 6.45) is 4.49. The van der Waals surface area contributed by atoms with Gasteiger partial charge in [0.25, 0.3) is 11.5 Å². The quantitative estimate of drug-likeness (QED) is 0.707. The van der Waals surface area contributed by atoms with Crippen molar-refractivity contribution < 1.29 is 9.90 Å². The van der Waals surface area contributed by atoms with E-state index >= 15 is 0 Å². The number of H-pyrrole nitrogens is 1. The molecule has 24 heavy (non-hydrogen) atoms. The van der Waals surface area contributed by atoms with Crippen LogP contribution in [0, 0.1) is 0 Å². The van der Waals surface area contributed by atoms with Crippen molar-refractivity contribution in [2.45, 2.75) is 58.1 Å². The van der Waals surface area contributed by atoms with E-state index in [9.17, 15) is 14.7 Å². The Morgan fingerprint density at radius 2 is 1.92 bits per heavy atom. The molecule has 0 radical (unpaired) electrons. The lowest BCUT2D eigenvalue weighted by Gasteiger charge is -2.32. The van der Waals surface area contributed by atoms with Crippen LogP contribution < -0.4 is 10.9 Å². The lowest BCUT2D eigenvalue weighted by atomic mass is 9.85. The van der Waals surface area contributed by atoms with Crippen LogP contribution in [0.4, 0.5) is 0 Å². The number of aromatic nitrogens is 1. The Kier molecular flexibility index (Phi) is 6.57. The fourth-order valence-corrected chi connectivity index (χ4v) is 3.20. The summed E-state index contributed by atoms with van der Waals surface area (Å²) in [5.74, 6) is -0.426. The molecule has 1 fully saturated rings. The van der Waals surface area contributed by atoms with Crippen LogP contribution in [0.15, 0.2) is 16.9 Å². The zero-order valence-corrected chi connectivity index (χ0v) is 14.7. The summed E-state index contributed by atoms with van der Waals surface area (Å²) in [4.78, 5) is 29.4. The first-order chi connectivity index (χ1) is 11.5. The van der Waals surface area contributed by atoms with Gasteiger partial charge < -0.3 is 15.4 Å². The van der Waals surface area contributed by atoms with E-state index in [2.05, 4.69) is 29.0 Å². The minimum absolute atomic E-state index is 0.0951. The van der Waals surface area contributed by atoms with Crippen molar-refractivity contribution in [2.24, 2.45) is 0 Å². The summed E-state index contributed by atoms with van der Waals surface area (Å²) < 4.78 is 0. The molecular formula is C18H29N3O3. The maximum absolute atomic E-state index is 12.2. The van der Waals surface area contributed by atoms with E-state index in [0.717, 1.165) is 38.0 Å². The first-order valence-corrected chi connectivity index (χ1v) is 8.92. The van der Waals surface area contributed by atoms with Crippen molar-refractivity contribution in [3.63, 3.8) is 0 Å². The van der Waals surface area contributed by atoms with E-state index in [1.165, 1.54) is 0 Å². The third-order valence-corrected chi connectivity index (χ3v) is 4.87. The van der Waals surface area contributed by atoms with E-state index in [1.54, 1.807) is 12.1 Å². The van der Waals surface area contributed by atoms with Gasteiger partial charge in [-0.1, -0.05) is 33.1 Å². The van der Waals surface area contributed by atoms with Gasteiger partial charge in [0, 0.05) is 18.8 Å². The number of aliphatic hydroxyl groups is 1. The second-order valence-electron chi connectivity index (χ2n) is 6.66. The Morgan fingerprint density at radius 1 is 1.25 bits per heavy atom. The highest BCUT2D eigenvalue weighted by Crippen LogP contribution is 2.27. The van der Waals surface area contributed by atoms with Gasteiger partial charge in [-0.05, 0) is 38.1 Å². The largest absolute Gasteiger partial charge is 0.388 e.